The van der Waals surface area contributed by atoms with Crippen LogP contribution in [-0.2, 0) is 6.42 Å². The van der Waals surface area contributed by atoms with Gasteiger partial charge in [-0.3, -0.25) is 0 Å². The van der Waals surface area contributed by atoms with Gasteiger partial charge in [-0.15, -0.1) is 0 Å². The maximum atomic E-state index is 5.82. The van der Waals surface area contributed by atoms with Gasteiger partial charge in [0, 0.05) is 6.72 Å². The number of rotatable bonds is 11. The molecule has 144 valence electrons. The van der Waals surface area contributed by atoms with Crippen LogP contribution in [0.5, 0.6) is 0 Å². The van der Waals surface area contributed by atoms with E-state index in [1.165, 1.54) is 18.4 Å². The summed E-state index contributed by atoms with van der Waals surface area (Å²) in [6.45, 7) is 8.98. The zero-order chi connectivity index (χ0) is 19.5. The average molecular weight is 364 g/mol. The van der Waals surface area contributed by atoms with Crippen LogP contribution in [0.3, 0.4) is 0 Å². The second kappa shape index (κ2) is 11.3. The Labute approximate surface area is 164 Å². The van der Waals surface area contributed by atoms with Gasteiger partial charge in [-0.1, -0.05) is 75.2 Å². The van der Waals surface area contributed by atoms with Crippen LogP contribution in [0.2, 0.25) is 0 Å². The van der Waals surface area contributed by atoms with Crippen molar-refractivity contribution in [3.05, 3.63) is 71.8 Å². The standard InChI is InChI=1S/C24H33N3/c1-4-9-21(18-19-25)14-17-24(22-10-7-6-8-11-22)27(26-3)23-15-12-20(5-2)13-16-23/h6-8,10-13,15-17,21H,3-5,9,14,18-19,25H2,1-2H3/b24-17-. The molecule has 0 saturated heterocycles. The molecule has 0 fully saturated rings. The van der Waals surface area contributed by atoms with Gasteiger partial charge in [0.15, 0.2) is 0 Å². The summed E-state index contributed by atoms with van der Waals surface area (Å²) < 4.78 is 0. The third-order valence-corrected chi connectivity index (χ3v) is 4.94. The Bertz CT molecular complexity index is 698. The molecule has 1 atom stereocenters. The highest BCUT2D eigenvalue weighted by Crippen LogP contribution is 2.29. The second-order valence-corrected chi connectivity index (χ2v) is 6.90. The maximum absolute atomic E-state index is 5.82. The lowest BCUT2D eigenvalue weighted by atomic mass is 9.95. The van der Waals surface area contributed by atoms with E-state index in [1.54, 1.807) is 0 Å². The molecule has 0 saturated carbocycles. The zero-order valence-corrected chi connectivity index (χ0v) is 16.8. The van der Waals surface area contributed by atoms with Gasteiger partial charge in [-0.2, -0.15) is 5.10 Å². The predicted octanol–water partition coefficient (Wildman–Crippen LogP) is 5.87. The van der Waals surface area contributed by atoms with Crippen LogP contribution in [0, 0.1) is 5.92 Å². The molecule has 1 unspecified atom stereocenters. The third kappa shape index (κ3) is 6.07. The van der Waals surface area contributed by atoms with Gasteiger partial charge in [0.25, 0.3) is 0 Å². The molecular formula is C24H33N3. The van der Waals surface area contributed by atoms with E-state index in [9.17, 15) is 0 Å². The van der Waals surface area contributed by atoms with Gasteiger partial charge in [0.2, 0.25) is 0 Å². The maximum Gasteiger partial charge on any atom is 0.0684 e. The van der Waals surface area contributed by atoms with Crippen molar-refractivity contribution in [3.8, 4) is 0 Å². The Balaban J connectivity index is 2.37. The molecule has 0 bridgehead atoms. The summed E-state index contributed by atoms with van der Waals surface area (Å²) in [5.74, 6) is 0.604. The van der Waals surface area contributed by atoms with Gasteiger partial charge in [0.1, 0.15) is 0 Å². The second-order valence-electron chi connectivity index (χ2n) is 6.90. The minimum absolute atomic E-state index is 0.604. The molecule has 2 aromatic carbocycles. The van der Waals surface area contributed by atoms with Crippen molar-refractivity contribution in [1.29, 1.82) is 0 Å². The molecule has 0 aromatic heterocycles. The van der Waals surface area contributed by atoms with Crippen LogP contribution in [-0.4, -0.2) is 13.3 Å². The number of allylic oxidation sites excluding steroid dienone is 1. The summed E-state index contributed by atoms with van der Waals surface area (Å²) in [7, 11) is 0. The minimum Gasteiger partial charge on any atom is -0.330 e. The van der Waals surface area contributed by atoms with E-state index in [4.69, 9.17) is 5.73 Å². The molecule has 0 aliphatic rings. The lowest BCUT2D eigenvalue weighted by Gasteiger charge is -2.24. The zero-order valence-electron chi connectivity index (χ0n) is 16.8. The predicted molar refractivity (Wildman–Crippen MR) is 119 cm³/mol. The number of hydrazone groups is 1. The van der Waals surface area contributed by atoms with E-state index >= 15 is 0 Å². The molecule has 0 spiro atoms. The Morgan fingerprint density at radius 2 is 1.78 bits per heavy atom. The first-order chi connectivity index (χ1) is 13.2. The van der Waals surface area contributed by atoms with E-state index in [2.05, 4.69) is 80.3 Å². The first-order valence-corrected chi connectivity index (χ1v) is 10.0. The third-order valence-electron chi connectivity index (χ3n) is 4.94. The fourth-order valence-corrected chi connectivity index (χ4v) is 3.41. The normalized spacial score (nSPS) is 12.6. The first kappa shape index (κ1) is 20.9. The van der Waals surface area contributed by atoms with Crippen molar-refractivity contribution in [2.24, 2.45) is 16.8 Å². The summed E-state index contributed by atoms with van der Waals surface area (Å²) in [5, 5.41) is 6.30. The number of nitrogens with two attached hydrogens (primary N) is 1. The van der Waals surface area contributed by atoms with Gasteiger partial charge in [-0.25, -0.2) is 5.01 Å². The Morgan fingerprint density at radius 1 is 1.07 bits per heavy atom. The molecule has 0 aliphatic heterocycles. The largest absolute Gasteiger partial charge is 0.330 e. The summed E-state index contributed by atoms with van der Waals surface area (Å²) in [5.41, 5.74) is 10.4. The highest BCUT2D eigenvalue weighted by atomic mass is 15.5. The number of benzene rings is 2. The van der Waals surface area contributed by atoms with Crippen molar-refractivity contribution < 1.29 is 0 Å². The van der Waals surface area contributed by atoms with Crippen LogP contribution in [0.25, 0.3) is 5.70 Å². The molecule has 2 N–H and O–H groups in total. The minimum atomic E-state index is 0.604. The van der Waals surface area contributed by atoms with E-state index in [0.29, 0.717) is 5.92 Å². The Kier molecular flexibility index (Phi) is 8.79. The van der Waals surface area contributed by atoms with Crippen LogP contribution in [0.15, 0.2) is 65.8 Å². The summed E-state index contributed by atoms with van der Waals surface area (Å²) in [6, 6.07) is 19.0. The molecule has 0 aliphatic carbocycles. The van der Waals surface area contributed by atoms with Crippen LogP contribution >= 0.6 is 0 Å². The van der Waals surface area contributed by atoms with Gasteiger partial charge in [-0.05, 0) is 55.0 Å². The quantitative estimate of drug-likeness (QED) is 0.401. The van der Waals surface area contributed by atoms with Crippen molar-refractivity contribution in [3.63, 3.8) is 0 Å². The molecule has 2 rings (SSSR count). The monoisotopic (exact) mass is 363 g/mol. The number of hydrogen-bond acceptors (Lipinski definition) is 3. The topological polar surface area (TPSA) is 41.6 Å². The summed E-state index contributed by atoms with van der Waals surface area (Å²) in [4.78, 5) is 0. The molecule has 3 heteroatoms. The SMILES string of the molecule is C=NN(/C(=C\CC(CCC)CCN)c1ccccc1)c1ccc(CC)cc1. The molecular weight excluding hydrogens is 330 g/mol. The van der Waals surface area contributed by atoms with E-state index in [1.807, 2.05) is 11.1 Å². The highest BCUT2D eigenvalue weighted by molar-refractivity contribution is 5.79. The van der Waals surface area contributed by atoms with Crippen molar-refractivity contribution >= 4 is 18.1 Å². The molecule has 0 heterocycles. The van der Waals surface area contributed by atoms with E-state index < -0.39 is 0 Å². The Morgan fingerprint density at radius 3 is 2.33 bits per heavy atom. The molecule has 3 nitrogen and oxygen atoms in total. The first-order valence-electron chi connectivity index (χ1n) is 10.0. The van der Waals surface area contributed by atoms with Crippen molar-refractivity contribution in [2.75, 3.05) is 11.6 Å². The lowest BCUT2D eigenvalue weighted by Crippen LogP contribution is -2.15. The summed E-state index contributed by atoms with van der Waals surface area (Å²) in [6.07, 6.45) is 7.76. The van der Waals surface area contributed by atoms with Crippen LogP contribution < -0.4 is 10.7 Å². The molecule has 27 heavy (non-hydrogen) atoms. The van der Waals surface area contributed by atoms with Gasteiger partial charge >= 0.3 is 0 Å². The number of anilines is 1. The highest BCUT2D eigenvalue weighted by Gasteiger charge is 2.14. The van der Waals surface area contributed by atoms with E-state index in [-0.39, 0.29) is 0 Å². The summed E-state index contributed by atoms with van der Waals surface area (Å²) >= 11 is 0. The molecule has 0 amide bonds. The average Bonchev–Trinajstić information content (AvgIpc) is 2.72. The smallest absolute Gasteiger partial charge is 0.0684 e. The number of nitrogens with zero attached hydrogens (tertiary/aromatic N) is 2. The van der Waals surface area contributed by atoms with Gasteiger partial charge < -0.3 is 5.73 Å². The Hall–Kier alpha value is -2.39. The fraction of sp³-hybridized carbons (Fsp3) is 0.375. The number of aryl methyl sites for hydroxylation is 1. The van der Waals surface area contributed by atoms with Crippen molar-refractivity contribution in [1.82, 2.24) is 0 Å². The number of hydrogen-bond donors (Lipinski definition) is 1. The van der Waals surface area contributed by atoms with Crippen molar-refractivity contribution in [2.45, 2.75) is 46.0 Å². The fourth-order valence-electron chi connectivity index (χ4n) is 3.41. The van der Waals surface area contributed by atoms with Crippen LogP contribution in [0.4, 0.5) is 5.69 Å². The molecule has 0 radical (unpaired) electrons. The van der Waals surface area contributed by atoms with Crippen LogP contribution in [0.1, 0.15) is 50.7 Å². The lowest BCUT2D eigenvalue weighted by molar-refractivity contribution is 0.457. The van der Waals surface area contributed by atoms with Gasteiger partial charge in [0.05, 0.1) is 11.4 Å². The molecule has 2 aromatic rings. The van der Waals surface area contributed by atoms with E-state index in [0.717, 1.165) is 42.8 Å².